The molecule has 3 heterocycles. The number of nitrogens with one attached hydrogen (secondary N) is 1. The molecule has 0 spiro atoms. The van der Waals surface area contributed by atoms with Gasteiger partial charge in [-0.05, 0) is 54.8 Å². The summed E-state index contributed by atoms with van der Waals surface area (Å²) in [6.07, 6.45) is 7.54. The van der Waals surface area contributed by atoms with Gasteiger partial charge in [-0.1, -0.05) is 18.2 Å². The van der Waals surface area contributed by atoms with Crippen LogP contribution >= 0.6 is 0 Å². The average molecular weight is 377 g/mol. The Morgan fingerprint density at radius 3 is 2.57 bits per heavy atom. The standard InChI is InChI=1S/C22H20FN3O2/c23-17-6-3-15(4-7-17)5-8-18-13-16(9-10-24-18)20-14-19(22(27)28)21(25-20)26-11-1-2-12-26/h3-10,13-14,25H,1-2,11-12H2,(H,27,28)/b8-5+. The molecule has 0 unspecified atom stereocenters. The van der Waals surface area contributed by atoms with Gasteiger partial charge in [0.2, 0.25) is 0 Å². The lowest BCUT2D eigenvalue weighted by Gasteiger charge is -2.16. The molecule has 142 valence electrons. The highest BCUT2D eigenvalue weighted by molar-refractivity contribution is 5.96. The van der Waals surface area contributed by atoms with E-state index in [1.807, 2.05) is 24.3 Å². The molecule has 4 rings (SSSR count). The number of aromatic amines is 1. The van der Waals surface area contributed by atoms with Crippen molar-refractivity contribution in [2.45, 2.75) is 12.8 Å². The summed E-state index contributed by atoms with van der Waals surface area (Å²) in [6.45, 7) is 1.73. The topological polar surface area (TPSA) is 69.2 Å². The highest BCUT2D eigenvalue weighted by atomic mass is 19.1. The van der Waals surface area contributed by atoms with Crippen molar-refractivity contribution in [1.29, 1.82) is 0 Å². The molecule has 1 fully saturated rings. The van der Waals surface area contributed by atoms with Gasteiger partial charge in [0.25, 0.3) is 0 Å². The highest BCUT2D eigenvalue weighted by Gasteiger charge is 2.22. The van der Waals surface area contributed by atoms with Crippen molar-refractivity contribution in [3.63, 3.8) is 0 Å². The number of pyridine rings is 1. The first-order chi connectivity index (χ1) is 13.6. The Morgan fingerprint density at radius 1 is 1.11 bits per heavy atom. The first-order valence-electron chi connectivity index (χ1n) is 9.21. The number of anilines is 1. The van der Waals surface area contributed by atoms with Gasteiger partial charge >= 0.3 is 5.97 Å². The van der Waals surface area contributed by atoms with Crippen LogP contribution in [-0.4, -0.2) is 34.1 Å². The summed E-state index contributed by atoms with van der Waals surface area (Å²) >= 11 is 0. The second-order valence-electron chi connectivity index (χ2n) is 6.80. The maximum atomic E-state index is 13.0. The third kappa shape index (κ3) is 3.81. The molecule has 0 radical (unpaired) electrons. The maximum absolute atomic E-state index is 13.0. The van der Waals surface area contributed by atoms with Crippen molar-refractivity contribution in [1.82, 2.24) is 9.97 Å². The smallest absolute Gasteiger partial charge is 0.339 e. The van der Waals surface area contributed by atoms with Crippen LogP contribution in [0, 0.1) is 5.82 Å². The SMILES string of the molecule is O=C(O)c1cc(-c2ccnc(/C=C/c3ccc(F)cc3)c2)[nH]c1N1CCCC1. The summed E-state index contributed by atoms with van der Waals surface area (Å²) in [5, 5.41) is 9.57. The van der Waals surface area contributed by atoms with Gasteiger partial charge in [0.1, 0.15) is 17.2 Å². The van der Waals surface area contributed by atoms with Crippen molar-refractivity contribution in [2.75, 3.05) is 18.0 Å². The van der Waals surface area contributed by atoms with E-state index in [-0.39, 0.29) is 11.4 Å². The number of halogens is 1. The molecule has 1 aliphatic heterocycles. The van der Waals surface area contributed by atoms with Crippen molar-refractivity contribution in [2.24, 2.45) is 0 Å². The summed E-state index contributed by atoms with van der Waals surface area (Å²) in [4.78, 5) is 21.4. The number of aromatic carboxylic acids is 1. The molecule has 3 aromatic rings. The van der Waals surface area contributed by atoms with Crippen LogP contribution in [-0.2, 0) is 0 Å². The number of rotatable bonds is 5. The van der Waals surface area contributed by atoms with Gasteiger partial charge in [0.05, 0.1) is 5.69 Å². The van der Waals surface area contributed by atoms with E-state index in [2.05, 4.69) is 14.9 Å². The summed E-state index contributed by atoms with van der Waals surface area (Å²) in [5.41, 5.74) is 3.51. The highest BCUT2D eigenvalue weighted by Crippen LogP contribution is 2.30. The molecular weight excluding hydrogens is 357 g/mol. The van der Waals surface area contributed by atoms with Crippen LogP contribution in [0.5, 0.6) is 0 Å². The Labute approximate surface area is 162 Å². The molecule has 0 aliphatic carbocycles. The molecule has 5 nitrogen and oxygen atoms in total. The van der Waals surface area contributed by atoms with Crippen LogP contribution in [0.2, 0.25) is 0 Å². The number of carboxylic acids is 1. The molecule has 2 aromatic heterocycles. The number of hydrogen-bond acceptors (Lipinski definition) is 3. The van der Waals surface area contributed by atoms with E-state index in [0.29, 0.717) is 5.82 Å². The van der Waals surface area contributed by atoms with E-state index in [1.165, 1.54) is 12.1 Å². The predicted molar refractivity (Wildman–Crippen MR) is 108 cm³/mol. The number of aromatic nitrogens is 2. The molecule has 28 heavy (non-hydrogen) atoms. The van der Waals surface area contributed by atoms with Gasteiger partial charge in [-0.25, -0.2) is 9.18 Å². The Kier molecular flexibility index (Phi) is 4.93. The Balaban J connectivity index is 1.63. The van der Waals surface area contributed by atoms with Crippen LogP contribution in [0.4, 0.5) is 10.2 Å². The summed E-state index contributed by atoms with van der Waals surface area (Å²) in [6, 6.07) is 11.6. The van der Waals surface area contributed by atoms with E-state index in [0.717, 1.165) is 48.4 Å². The zero-order valence-corrected chi connectivity index (χ0v) is 15.2. The Morgan fingerprint density at radius 2 is 1.86 bits per heavy atom. The summed E-state index contributed by atoms with van der Waals surface area (Å²) in [5.74, 6) is -0.540. The number of hydrogen-bond donors (Lipinski definition) is 2. The maximum Gasteiger partial charge on any atom is 0.339 e. The van der Waals surface area contributed by atoms with Gasteiger partial charge < -0.3 is 15.0 Å². The Bertz CT molecular complexity index is 1020. The normalized spacial score (nSPS) is 14.1. The lowest BCUT2D eigenvalue weighted by Crippen LogP contribution is -2.20. The lowest BCUT2D eigenvalue weighted by molar-refractivity contribution is 0.0698. The molecular formula is C22H20FN3O2. The molecule has 0 bridgehead atoms. The van der Waals surface area contributed by atoms with E-state index < -0.39 is 5.97 Å². The van der Waals surface area contributed by atoms with E-state index in [9.17, 15) is 14.3 Å². The lowest BCUT2D eigenvalue weighted by atomic mass is 10.1. The van der Waals surface area contributed by atoms with Gasteiger partial charge in [0, 0.05) is 30.5 Å². The van der Waals surface area contributed by atoms with Crippen molar-refractivity contribution in [3.8, 4) is 11.3 Å². The minimum Gasteiger partial charge on any atom is -0.478 e. The molecule has 1 aliphatic rings. The molecule has 1 aromatic carbocycles. The van der Waals surface area contributed by atoms with E-state index in [1.54, 1.807) is 24.4 Å². The van der Waals surface area contributed by atoms with Crippen LogP contribution in [0.1, 0.15) is 34.5 Å². The zero-order valence-electron chi connectivity index (χ0n) is 15.2. The van der Waals surface area contributed by atoms with Gasteiger partial charge in [-0.3, -0.25) is 4.98 Å². The monoisotopic (exact) mass is 377 g/mol. The fourth-order valence-electron chi connectivity index (χ4n) is 3.41. The molecule has 0 atom stereocenters. The molecule has 0 amide bonds. The van der Waals surface area contributed by atoms with Gasteiger partial charge in [-0.15, -0.1) is 0 Å². The second kappa shape index (κ2) is 7.68. The average Bonchev–Trinajstić information content (AvgIpc) is 3.37. The first-order valence-corrected chi connectivity index (χ1v) is 9.21. The number of H-pyrrole nitrogens is 1. The summed E-state index contributed by atoms with van der Waals surface area (Å²) in [7, 11) is 0. The van der Waals surface area contributed by atoms with Crippen LogP contribution in [0.25, 0.3) is 23.4 Å². The minimum atomic E-state index is -0.935. The van der Waals surface area contributed by atoms with E-state index in [4.69, 9.17) is 0 Å². The van der Waals surface area contributed by atoms with Crippen molar-refractivity contribution < 1.29 is 14.3 Å². The number of benzene rings is 1. The fourth-order valence-corrected chi connectivity index (χ4v) is 3.41. The second-order valence-corrected chi connectivity index (χ2v) is 6.80. The van der Waals surface area contributed by atoms with Crippen LogP contribution in [0.15, 0.2) is 48.7 Å². The molecule has 6 heteroatoms. The van der Waals surface area contributed by atoms with E-state index >= 15 is 0 Å². The molecule has 1 saturated heterocycles. The van der Waals surface area contributed by atoms with Crippen molar-refractivity contribution in [3.05, 3.63) is 71.3 Å². The summed E-state index contributed by atoms with van der Waals surface area (Å²) < 4.78 is 13.0. The third-order valence-electron chi connectivity index (χ3n) is 4.86. The number of nitrogens with zero attached hydrogens (tertiary/aromatic N) is 2. The molecule has 2 N–H and O–H groups in total. The zero-order chi connectivity index (χ0) is 19.5. The predicted octanol–water partition coefficient (Wildman–Crippen LogP) is 4.68. The minimum absolute atomic E-state index is 0.271. The first kappa shape index (κ1) is 18.0. The van der Waals surface area contributed by atoms with Gasteiger partial charge in [0.15, 0.2) is 0 Å². The van der Waals surface area contributed by atoms with Crippen molar-refractivity contribution >= 4 is 23.9 Å². The van der Waals surface area contributed by atoms with Gasteiger partial charge in [-0.2, -0.15) is 0 Å². The number of carbonyl (C=O) groups is 1. The largest absolute Gasteiger partial charge is 0.478 e. The Hall–Kier alpha value is -3.41. The quantitative estimate of drug-likeness (QED) is 0.677. The number of carboxylic acid groups (broad SMARTS) is 1. The third-order valence-corrected chi connectivity index (χ3v) is 4.86. The fraction of sp³-hybridized carbons (Fsp3) is 0.182. The van der Waals surface area contributed by atoms with Crippen LogP contribution < -0.4 is 4.90 Å². The molecule has 0 saturated carbocycles. The van der Waals surface area contributed by atoms with Crippen LogP contribution in [0.3, 0.4) is 0 Å².